The summed E-state index contributed by atoms with van der Waals surface area (Å²) in [4.78, 5) is 33.5. The van der Waals surface area contributed by atoms with Crippen molar-refractivity contribution in [2.75, 3.05) is 0 Å². The van der Waals surface area contributed by atoms with E-state index >= 15 is 0 Å². The molecule has 0 saturated carbocycles. The van der Waals surface area contributed by atoms with E-state index in [0.717, 1.165) is 26.6 Å². The first-order chi connectivity index (χ1) is 15.5. The van der Waals surface area contributed by atoms with E-state index in [1.54, 1.807) is 18.3 Å². The van der Waals surface area contributed by atoms with E-state index in [4.69, 9.17) is 11.6 Å². The molecule has 2 heterocycles. The van der Waals surface area contributed by atoms with Gasteiger partial charge in [-0.15, -0.1) is 0 Å². The third-order valence-corrected chi connectivity index (χ3v) is 5.89. The van der Waals surface area contributed by atoms with Gasteiger partial charge in [0.1, 0.15) is 0 Å². The van der Waals surface area contributed by atoms with Gasteiger partial charge in [0.25, 0.3) is 0 Å². The van der Waals surface area contributed by atoms with Crippen LogP contribution < -0.4 is 0 Å². The van der Waals surface area contributed by atoms with Gasteiger partial charge in [-0.3, -0.25) is 9.78 Å². The van der Waals surface area contributed by atoms with Crippen molar-refractivity contribution in [3.05, 3.63) is 98.9 Å². The van der Waals surface area contributed by atoms with Crippen molar-refractivity contribution in [3.8, 4) is 0 Å². The molecule has 0 saturated heterocycles. The van der Waals surface area contributed by atoms with E-state index in [9.17, 15) is 9.59 Å². The number of carbonyl (C=O) groups excluding carboxylic acids is 2. The number of hydrogen-bond donors (Lipinski definition) is 1. The van der Waals surface area contributed by atoms with Crippen LogP contribution in [0.3, 0.4) is 0 Å². The number of nitrogens with zero attached hydrogens (tertiary/aromatic N) is 1. The lowest BCUT2D eigenvalue weighted by Gasteiger charge is -2.02. The minimum Gasteiger partial charge on any atom is -0.354 e. The fraction of sp³-hybridized carbons (Fsp3) is 0.0800. The number of hydrogen-bond acceptors (Lipinski definition) is 3. The van der Waals surface area contributed by atoms with Gasteiger partial charge in [0.05, 0.1) is 11.3 Å². The van der Waals surface area contributed by atoms with E-state index in [0.29, 0.717) is 29.0 Å². The lowest BCUT2D eigenvalue weighted by Crippen LogP contribution is -2.21. The van der Waals surface area contributed by atoms with Crippen LogP contribution in [0.2, 0.25) is 11.3 Å². The van der Waals surface area contributed by atoms with E-state index in [1.165, 1.54) is 0 Å². The highest BCUT2D eigenvalue weighted by Gasteiger charge is 2.23. The lowest BCUT2D eigenvalue weighted by atomic mass is 9.66. The third-order valence-electron chi connectivity index (χ3n) is 5.15. The van der Waals surface area contributed by atoms with Crippen LogP contribution in [0, 0.1) is 0 Å². The number of benzene rings is 2. The Kier molecular flexibility index (Phi) is 7.03. The Labute approximate surface area is 200 Å². The molecule has 4 rings (SSSR count). The van der Waals surface area contributed by atoms with E-state index in [1.807, 2.05) is 60.7 Å². The maximum atomic E-state index is 13.2. The minimum atomic E-state index is -0.477. The molecule has 4 aromatic rings. The van der Waals surface area contributed by atoms with Gasteiger partial charge in [-0.2, -0.15) is 0 Å². The van der Waals surface area contributed by atoms with E-state index < -0.39 is 11.5 Å². The van der Waals surface area contributed by atoms with Crippen LogP contribution in [0.5, 0.6) is 0 Å². The molecule has 0 fully saturated rings. The van der Waals surface area contributed by atoms with Crippen molar-refractivity contribution >= 4 is 69.3 Å². The van der Waals surface area contributed by atoms with E-state index in [2.05, 4.69) is 25.9 Å². The maximum absolute atomic E-state index is 13.2. The second kappa shape index (κ2) is 10.1. The zero-order valence-electron chi connectivity index (χ0n) is 17.1. The molecule has 0 unspecified atom stereocenters. The number of fused-ring (bicyclic) bond motifs is 1. The van der Waals surface area contributed by atoms with Gasteiger partial charge >= 0.3 is 0 Å². The van der Waals surface area contributed by atoms with Gasteiger partial charge in [0.15, 0.2) is 5.68 Å². The van der Waals surface area contributed by atoms with Crippen molar-refractivity contribution in [1.29, 1.82) is 0 Å². The van der Waals surface area contributed by atoms with Gasteiger partial charge in [0, 0.05) is 32.3 Å². The zero-order valence-corrected chi connectivity index (χ0v) is 19.5. The summed E-state index contributed by atoms with van der Waals surface area (Å²) in [6.07, 6.45) is 6.67. The quantitative estimate of drug-likeness (QED) is 0.183. The monoisotopic (exact) mass is 504 g/mol. The number of pyridine rings is 1. The predicted molar refractivity (Wildman–Crippen MR) is 136 cm³/mol. The molecule has 1 N–H and O–H groups in total. The van der Waals surface area contributed by atoms with Crippen LogP contribution in [0.4, 0.5) is 0 Å². The SMILES string of the molecule is O=C(BCCc1ccccn1)C(=O)c1c(/C=C/c2ccc(Cl)cc2)[nH]c2cc(Br)ccc12. The molecule has 0 spiro atoms. The average Bonchev–Trinajstić information content (AvgIpc) is 3.16. The van der Waals surface area contributed by atoms with Crippen molar-refractivity contribution in [3.63, 3.8) is 0 Å². The summed E-state index contributed by atoms with van der Waals surface area (Å²) in [6.45, 7) is 0. The number of aryl methyl sites for hydroxylation is 1. The first kappa shape index (κ1) is 22.2. The molecule has 2 aromatic heterocycles. The molecule has 0 radical (unpaired) electrons. The predicted octanol–water partition coefficient (Wildman–Crippen LogP) is 5.96. The highest BCUT2D eigenvalue weighted by atomic mass is 79.9. The Balaban J connectivity index is 1.59. The van der Waals surface area contributed by atoms with Crippen molar-refractivity contribution in [2.24, 2.45) is 0 Å². The fourth-order valence-electron chi connectivity index (χ4n) is 3.54. The van der Waals surface area contributed by atoms with Gasteiger partial charge in [-0.05, 0) is 54.5 Å². The summed E-state index contributed by atoms with van der Waals surface area (Å²) >= 11 is 9.42. The second-order valence-corrected chi connectivity index (χ2v) is 8.77. The molecule has 2 aromatic carbocycles. The van der Waals surface area contributed by atoms with Crippen LogP contribution >= 0.6 is 27.5 Å². The Morgan fingerprint density at radius 2 is 1.88 bits per heavy atom. The number of carbonyl (C=O) groups is 2. The lowest BCUT2D eigenvalue weighted by molar-refractivity contribution is -0.108. The summed E-state index contributed by atoms with van der Waals surface area (Å²) in [5, 5.41) is 1.39. The summed E-state index contributed by atoms with van der Waals surface area (Å²) in [5.74, 6) is -0.477. The number of H-pyrrole nitrogens is 1. The molecule has 4 nitrogen and oxygen atoms in total. The summed E-state index contributed by atoms with van der Waals surface area (Å²) in [7, 11) is 0.180. The molecule has 32 heavy (non-hydrogen) atoms. The molecule has 158 valence electrons. The number of aromatic nitrogens is 2. The number of aromatic amines is 1. The van der Waals surface area contributed by atoms with Gasteiger partial charge in [-0.1, -0.05) is 64.2 Å². The summed E-state index contributed by atoms with van der Waals surface area (Å²) in [5.41, 5.74) is 3.26. The van der Waals surface area contributed by atoms with Crippen LogP contribution in [-0.2, 0) is 11.2 Å². The van der Waals surface area contributed by atoms with Gasteiger partial charge in [0.2, 0.25) is 13.1 Å². The van der Waals surface area contributed by atoms with Crippen molar-refractivity contribution in [2.45, 2.75) is 12.7 Å². The molecule has 0 amide bonds. The van der Waals surface area contributed by atoms with Gasteiger partial charge < -0.3 is 9.78 Å². The smallest absolute Gasteiger partial charge is 0.220 e. The minimum absolute atomic E-state index is 0.180. The standard InChI is InChI=1S/C25H19BBrClN2O2/c27-17-7-10-20-22(15-17)30-21(11-6-16-4-8-18(28)9-5-16)23(20)24(31)25(32)26-13-12-19-3-1-2-14-29-19/h1-11,14-15,26,30H,12-13H2/b11-6+. The Morgan fingerprint density at radius 1 is 1.06 bits per heavy atom. The van der Waals surface area contributed by atoms with Crippen LogP contribution in [0.1, 0.15) is 27.3 Å². The highest BCUT2D eigenvalue weighted by Crippen LogP contribution is 2.28. The normalized spacial score (nSPS) is 11.2. The number of Topliss-reactive ketones (excluding diaryl/α,β-unsaturated/α-hetero) is 1. The van der Waals surface area contributed by atoms with E-state index in [-0.39, 0.29) is 7.28 Å². The number of nitrogens with one attached hydrogen (secondary N) is 1. The largest absolute Gasteiger partial charge is 0.354 e. The number of ketones is 1. The van der Waals surface area contributed by atoms with Crippen molar-refractivity contribution < 1.29 is 9.59 Å². The van der Waals surface area contributed by atoms with Crippen LogP contribution in [0.15, 0.2) is 71.3 Å². The number of halogens is 2. The Morgan fingerprint density at radius 3 is 2.62 bits per heavy atom. The molecular weight excluding hydrogens is 486 g/mol. The number of rotatable bonds is 8. The zero-order chi connectivity index (χ0) is 22.5. The third kappa shape index (κ3) is 5.26. The van der Waals surface area contributed by atoms with Crippen molar-refractivity contribution in [1.82, 2.24) is 9.97 Å². The fourth-order valence-corrected chi connectivity index (χ4v) is 4.03. The average molecular weight is 506 g/mol. The first-order valence-corrected chi connectivity index (χ1v) is 11.4. The Bertz CT molecular complexity index is 1300. The summed E-state index contributed by atoms with van der Waals surface area (Å²) in [6, 6.07) is 18.7. The van der Waals surface area contributed by atoms with Crippen LogP contribution in [0.25, 0.3) is 23.1 Å². The topological polar surface area (TPSA) is 62.8 Å². The molecular formula is C25H19BBrClN2O2. The molecule has 0 atom stereocenters. The molecule has 0 aliphatic carbocycles. The van der Waals surface area contributed by atoms with Gasteiger partial charge in [-0.25, -0.2) is 0 Å². The molecule has 0 bridgehead atoms. The summed E-state index contributed by atoms with van der Waals surface area (Å²) < 4.78 is 0.889. The van der Waals surface area contributed by atoms with Crippen LogP contribution in [-0.4, -0.2) is 28.7 Å². The first-order valence-electron chi connectivity index (χ1n) is 10.2. The maximum Gasteiger partial charge on any atom is 0.220 e. The highest BCUT2D eigenvalue weighted by molar-refractivity contribution is 9.10. The Hall–Kier alpha value is -2.96. The molecule has 0 aliphatic heterocycles. The second-order valence-electron chi connectivity index (χ2n) is 7.42. The molecule has 7 heteroatoms. The molecule has 0 aliphatic rings.